The number of hydrogen-bond donors (Lipinski definition) is 2. The Balaban J connectivity index is 1.86. The summed E-state index contributed by atoms with van der Waals surface area (Å²) in [5, 5.41) is 2.81. The number of para-hydroxylation sites is 1. The Labute approximate surface area is 165 Å². The molecule has 0 unspecified atom stereocenters. The molecule has 0 saturated heterocycles. The second-order valence-electron chi connectivity index (χ2n) is 6.47. The molecule has 2 N–H and O–H groups in total. The van der Waals surface area contributed by atoms with Crippen LogP contribution in [-0.2, 0) is 16.4 Å². The highest BCUT2D eigenvalue weighted by Gasteiger charge is 2.18. The minimum Gasteiger partial charge on any atom is -0.322 e. The second kappa shape index (κ2) is 8.27. The van der Waals surface area contributed by atoms with Crippen molar-refractivity contribution in [1.29, 1.82) is 0 Å². The Kier molecular flexibility index (Phi) is 5.80. The molecule has 0 fully saturated rings. The van der Waals surface area contributed by atoms with Gasteiger partial charge in [-0.2, -0.15) is 0 Å². The first kappa shape index (κ1) is 19.6. The Morgan fingerprint density at radius 3 is 2.32 bits per heavy atom. The van der Waals surface area contributed by atoms with E-state index >= 15 is 0 Å². The first-order chi connectivity index (χ1) is 13.4. The van der Waals surface area contributed by atoms with Gasteiger partial charge < -0.3 is 5.32 Å². The number of carbonyl (C=O) groups is 1. The highest BCUT2D eigenvalue weighted by molar-refractivity contribution is 7.92. The largest absolute Gasteiger partial charge is 0.322 e. The van der Waals surface area contributed by atoms with Gasteiger partial charge in [0.25, 0.3) is 15.9 Å². The van der Waals surface area contributed by atoms with E-state index in [9.17, 15) is 13.2 Å². The molecule has 0 spiro atoms. The minimum absolute atomic E-state index is 0.151. The first-order valence-corrected chi connectivity index (χ1v) is 10.5. The van der Waals surface area contributed by atoms with E-state index in [2.05, 4.69) is 10.0 Å². The molecule has 3 aromatic carbocycles. The molecule has 0 aliphatic heterocycles. The zero-order valence-corrected chi connectivity index (χ0v) is 16.6. The zero-order chi connectivity index (χ0) is 20.1. The second-order valence-corrected chi connectivity index (χ2v) is 8.15. The van der Waals surface area contributed by atoms with Crippen molar-refractivity contribution in [2.75, 3.05) is 10.0 Å². The summed E-state index contributed by atoms with van der Waals surface area (Å²) >= 11 is 0. The number of nitrogens with one attached hydrogen (secondary N) is 2. The van der Waals surface area contributed by atoms with Crippen LogP contribution in [0.3, 0.4) is 0 Å². The lowest BCUT2D eigenvalue weighted by atomic mass is 10.1. The van der Waals surface area contributed by atoms with Gasteiger partial charge in [0.15, 0.2) is 0 Å². The molecule has 0 heterocycles. The monoisotopic (exact) mass is 394 g/mol. The van der Waals surface area contributed by atoms with E-state index in [0.29, 0.717) is 5.69 Å². The third-order valence-electron chi connectivity index (χ3n) is 4.33. The van der Waals surface area contributed by atoms with Crippen LogP contribution in [0.1, 0.15) is 28.4 Å². The predicted molar refractivity (Wildman–Crippen MR) is 112 cm³/mol. The summed E-state index contributed by atoms with van der Waals surface area (Å²) in [4.78, 5) is 12.9. The third kappa shape index (κ3) is 4.58. The van der Waals surface area contributed by atoms with Crippen LogP contribution in [-0.4, -0.2) is 14.3 Å². The number of rotatable bonds is 6. The Morgan fingerprint density at radius 2 is 1.64 bits per heavy atom. The van der Waals surface area contributed by atoms with E-state index in [1.54, 1.807) is 54.6 Å². The fourth-order valence-electron chi connectivity index (χ4n) is 2.80. The lowest BCUT2D eigenvalue weighted by molar-refractivity contribution is 0.102. The van der Waals surface area contributed by atoms with Gasteiger partial charge in [-0.15, -0.1) is 0 Å². The molecular formula is C22H22N2O3S. The van der Waals surface area contributed by atoms with Gasteiger partial charge in [0, 0.05) is 5.69 Å². The average Bonchev–Trinajstić information content (AvgIpc) is 2.68. The van der Waals surface area contributed by atoms with Crippen LogP contribution in [0.15, 0.2) is 77.7 Å². The Bertz CT molecular complexity index is 1090. The molecular weight excluding hydrogens is 372 g/mol. The number of anilines is 2. The van der Waals surface area contributed by atoms with Crippen molar-refractivity contribution in [3.05, 3.63) is 89.5 Å². The summed E-state index contributed by atoms with van der Waals surface area (Å²) < 4.78 is 28.0. The maximum absolute atomic E-state index is 12.7. The van der Waals surface area contributed by atoms with Gasteiger partial charge in [0.05, 0.1) is 16.1 Å². The van der Waals surface area contributed by atoms with E-state index < -0.39 is 10.0 Å². The van der Waals surface area contributed by atoms with Gasteiger partial charge in [-0.25, -0.2) is 8.42 Å². The van der Waals surface area contributed by atoms with E-state index in [0.717, 1.165) is 17.5 Å². The molecule has 5 nitrogen and oxygen atoms in total. The highest BCUT2D eigenvalue weighted by atomic mass is 32.2. The van der Waals surface area contributed by atoms with Crippen LogP contribution in [0.4, 0.5) is 11.4 Å². The van der Waals surface area contributed by atoms with Crippen LogP contribution in [0.25, 0.3) is 0 Å². The van der Waals surface area contributed by atoms with Crippen LogP contribution < -0.4 is 10.0 Å². The van der Waals surface area contributed by atoms with E-state index in [1.807, 2.05) is 32.0 Å². The number of hydrogen-bond acceptors (Lipinski definition) is 3. The maximum Gasteiger partial charge on any atom is 0.261 e. The number of sulfonamides is 1. The van der Waals surface area contributed by atoms with Crippen molar-refractivity contribution in [1.82, 2.24) is 0 Å². The number of amides is 1. The highest BCUT2D eigenvalue weighted by Crippen LogP contribution is 2.22. The Hall–Kier alpha value is -3.12. The summed E-state index contributed by atoms with van der Waals surface area (Å²) in [5.74, 6) is -0.384. The molecule has 0 aliphatic rings. The SMILES string of the molecule is CCc1ccc(S(=O)(=O)Nc2ccccc2C(=O)Nc2cccc(C)c2)cc1. The van der Waals surface area contributed by atoms with Gasteiger partial charge in [0.2, 0.25) is 0 Å². The number of carbonyl (C=O) groups excluding carboxylic acids is 1. The van der Waals surface area contributed by atoms with Crippen molar-refractivity contribution in [3.8, 4) is 0 Å². The number of benzene rings is 3. The van der Waals surface area contributed by atoms with E-state index in [4.69, 9.17) is 0 Å². The predicted octanol–water partition coefficient (Wildman–Crippen LogP) is 4.61. The van der Waals surface area contributed by atoms with Crippen molar-refractivity contribution >= 4 is 27.3 Å². The summed E-state index contributed by atoms with van der Waals surface area (Å²) in [6, 6.07) is 20.6. The lowest BCUT2D eigenvalue weighted by Gasteiger charge is -2.13. The van der Waals surface area contributed by atoms with Gasteiger partial charge in [0.1, 0.15) is 0 Å². The van der Waals surface area contributed by atoms with Crippen LogP contribution in [0, 0.1) is 6.92 Å². The molecule has 0 aromatic heterocycles. The molecule has 0 saturated carbocycles. The minimum atomic E-state index is -3.80. The molecule has 28 heavy (non-hydrogen) atoms. The zero-order valence-electron chi connectivity index (χ0n) is 15.8. The van der Waals surface area contributed by atoms with Crippen molar-refractivity contribution in [2.24, 2.45) is 0 Å². The van der Waals surface area contributed by atoms with Crippen LogP contribution in [0.2, 0.25) is 0 Å². The smallest absolute Gasteiger partial charge is 0.261 e. The van der Waals surface area contributed by atoms with Crippen molar-refractivity contribution in [2.45, 2.75) is 25.2 Å². The first-order valence-electron chi connectivity index (χ1n) is 8.98. The maximum atomic E-state index is 12.7. The topological polar surface area (TPSA) is 75.3 Å². The Morgan fingerprint density at radius 1 is 0.929 bits per heavy atom. The molecule has 0 atom stereocenters. The van der Waals surface area contributed by atoms with Crippen LogP contribution >= 0.6 is 0 Å². The van der Waals surface area contributed by atoms with Crippen LogP contribution in [0.5, 0.6) is 0 Å². The van der Waals surface area contributed by atoms with E-state index in [1.165, 1.54) is 0 Å². The molecule has 0 bridgehead atoms. The summed E-state index contributed by atoms with van der Waals surface area (Å²) in [6.45, 7) is 3.94. The van der Waals surface area contributed by atoms with Crippen molar-refractivity contribution < 1.29 is 13.2 Å². The molecule has 6 heteroatoms. The third-order valence-corrected chi connectivity index (χ3v) is 5.72. The standard InChI is InChI=1S/C22H22N2O3S/c1-3-17-11-13-19(14-12-17)28(26,27)24-21-10-5-4-9-20(21)22(25)23-18-8-6-7-16(2)15-18/h4-15,24H,3H2,1-2H3,(H,23,25). The molecule has 3 rings (SSSR count). The van der Waals surface area contributed by atoms with Gasteiger partial charge in [-0.05, 0) is 60.9 Å². The fraction of sp³-hybridized carbons (Fsp3) is 0.136. The molecule has 144 valence electrons. The van der Waals surface area contributed by atoms with E-state index in [-0.39, 0.29) is 22.1 Å². The fourth-order valence-corrected chi connectivity index (χ4v) is 3.88. The molecule has 0 radical (unpaired) electrons. The average molecular weight is 394 g/mol. The molecule has 0 aliphatic carbocycles. The van der Waals surface area contributed by atoms with Crippen molar-refractivity contribution in [3.63, 3.8) is 0 Å². The summed E-state index contributed by atoms with van der Waals surface area (Å²) in [5.41, 5.74) is 3.20. The van der Waals surface area contributed by atoms with Gasteiger partial charge >= 0.3 is 0 Å². The molecule has 1 amide bonds. The normalized spacial score (nSPS) is 11.1. The molecule has 3 aromatic rings. The summed E-state index contributed by atoms with van der Waals surface area (Å²) in [7, 11) is -3.80. The van der Waals surface area contributed by atoms with Gasteiger partial charge in [-0.1, -0.05) is 43.3 Å². The number of aryl methyl sites for hydroxylation is 2. The lowest BCUT2D eigenvalue weighted by Crippen LogP contribution is -2.18. The quantitative estimate of drug-likeness (QED) is 0.641. The summed E-state index contributed by atoms with van der Waals surface area (Å²) in [6.07, 6.45) is 0.829. The van der Waals surface area contributed by atoms with Gasteiger partial charge in [-0.3, -0.25) is 9.52 Å².